The topological polar surface area (TPSA) is 36.4 Å². The summed E-state index contributed by atoms with van der Waals surface area (Å²) in [5, 5.41) is 11.9. The molecule has 1 fully saturated rings. The molecule has 0 saturated carbocycles. The van der Waals surface area contributed by atoms with Crippen LogP contribution in [0.1, 0.15) is 18.9 Å². The Labute approximate surface area is 107 Å². The number of hydrogen-bond donors (Lipinski definition) is 1. The maximum absolute atomic E-state index is 10.8. The van der Waals surface area contributed by atoms with Crippen molar-refractivity contribution in [1.29, 1.82) is 0 Å². The minimum Gasteiger partial charge on any atom is -0.384 e. The lowest BCUT2D eigenvalue weighted by molar-refractivity contribution is 0.0484. The molecule has 0 aliphatic carbocycles. The van der Waals surface area contributed by atoms with Crippen molar-refractivity contribution in [2.24, 2.45) is 0 Å². The van der Waals surface area contributed by atoms with Gasteiger partial charge in [-0.2, -0.15) is 0 Å². The SMILES string of the molecule is CC1CC(O)(c2cnc3ccccc3c2)CN1C. The van der Waals surface area contributed by atoms with Gasteiger partial charge in [0.15, 0.2) is 0 Å². The number of para-hydroxylation sites is 1. The monoisotopic (exact) mass is 242 g/mol. The van der Waals surface area contributed by atoms with Crippen LogP contribution in [-0.4, -0.2) is 34.6 Å². The molecule has 2 heterocycles. The number of aromatic nitrogens is 1. The van der Waals surface area contributed by atoms with Gasteiger partial charge in [0.05, 0.1) is 5.52 Å². The summed E-state index contributed by atoms with van der Waals surface area (Å²) in [5.41, 5.74) is 1.15. The highest BCUT2D eigenvalue weighted by Gasteiger charge is 2.40. The smallest absolute Gasteiger partial charge is 0.105 e. The number of hydrogen-bond acceptors (Lipinski definition) is 3. The van der Waals surface area contributed by atoms with Gasteiger partial charge in [0.2, 0.25) is 0 Å². The van der Waals surface area contributed by atoms with E-state index in [9.17, 15) is 5.11 Å². The maximum atomic E-state index is 10.8. The number of likely N-dealkylation sites (tertiary alicyclic amines) is 1. The van der Waals surface area contributed by atoms with E-state index in [1.165, 1.54) is 0 Å². The summed E-state index contributed by atoms with van der Waals surface area (Å²) < 4.78 is 0. The summed E-state index contributed by atoms with van der Waals surface area (Å²) in [6.07, 6.45) is 2.58. The zero-order chi connectivity index (χ0) is 12.8. The van der Waals surface area contributed by atoms with Crippen LogP contribution in [0.2, 0.25) is 0 Å². The summed E-state index contributed by atoms with van der Waals surface area (Å²) in [6, 6.07) is 10.5. The molecule has 1 aliphatic rings. The van der Waals surface area contributed by atoms with Gasteiger partial charge in [-0.25, -0.2) is 0 Å². The number of β-amino-alcohol motifs (C(OH)–C–C–N with tert-alkyl or cyclic N) is 1. The van der Waals surface area contributed by atoms with Gasteiger partial charge in [-0.05, 0) is 32.5 Å². The Kier molecular flexibility index (Phi) is 2.61. The van der Waals surface area contributed by atoms with Crippen molar-refractivity contribution in [2.75, 3.05) is 13.6 Å². The number of rotatable bonds is 1. The molecule has 18 heavy (non-hydrogen) atoms. The molecule has 2 aromatic rings. The second-order valence-corrected chi connectivity index (χ2v) is 5.42. The third-order valence-electron chi connectivity index (χ3n) is 4.02. The van der Waals surface area contributed by atoms with Gasteiger partial charge < -0.3 is 10.0 Å². The molecule has 3 nitrogen and oxygen atoms in total. The quantitative estimate of drug-likeness (QED) is 0.832. The highest BCUT2D eigenvalue weighted by molar-refractivity contribution is 5.78. The lowest BCUT2D eigenvalue weighted by atomic mass is 9.92. The second kappa shape index (κ2) is 4.04. The second-order valence-electron chi connectivity index (χ2n) is 5.42. The molecule has 3 rings (SSSR count). The molecular formula is C15H18N2O. The van der Waals surface area contributed by atoms with Gasteiger partial charge in [0, 0.05) is 29.7 Å². The summed E-state index contributed by atoms with van der Waals surface area (Å²) in [7, 11) is 2.05. The maximum Gasteiger partial charge on any atom is 0.105 e. The Morgan fingerprint density at radius 1 is 1.39 bits per heavy atom. The van der Waals surface area contributed by atoms with Gasteiger partial charge in [-0.1, -0.05) is 18.2 Å². The van der Waals surface area contributed by atoms with Crippen molar-refractivity contribution in [1.82, 2.24) is 9.88 Å². The number of aliphatic hydroxyl groups is 1. The molecule has 1 aromatic carbocycles. The summed E-state index contributed by atoms with van der Waals surface area (Å²) in [4.78, 5) is 6.63. The Balaban J connectivity index is 2.04. The van der Waals surface area contributed by atoms with Crippen LogP contribution in [-0.2, 0) is 5.60 Å². The van der Waals surface area contributed by atoms with Gasteiger partial charge in [0.1, 0.15) is 5.60 Å². The average Bonchev–Trinajstić information content (AvgIpc) is 2.64. The van der Waals surface area contributed by atoms with E-state index < -0.39 is 5.60 Å². The van der Waals surface area contributed by atoms with E-state index in [1.807, 2.05) is 30.5 Å². The van der Waals surface area contributed by atoms with Crippen LogP contribution in [0.15, 0.2) is 36.5 Å². The molecule has 0 bridgehead atoms. The number of benzene rings is 1. The van der Waals surface area contributed by atoms with Crippen molar-refractivity contribution < 1.29 is 5.11 Å². The summed E-state index contributed by atoms with van der Waals surface area (Å²) in [6.45, 7) is 2.82. The van der Waals surface area contributed by atoms with Crippen LogP contribution >= 0.6 is 0 Å². The normalized spacial score (nSPS) is 28.9. The zero-order valence-electron chi connectivity index (χ0n) is 10.8. The first kappa shape index (κ1) is 11.6. The van der Waals surface area contributed by atoms with Crippen molar-refractivity contribution >= 4 is 10.9 Å². The Bertz CT molecular complexity index is 571. The molecule has 1 aromatic heterocycles. The number of pyridine rings is 1. The van der Waals surface area contributed by atoms with Crippen LogP contribution < -0.4 is 0 Å². The molecule has 0 radical (unpaired) electrons. The molecule has 1 saturated heterocycles. The fraction of sp³-hybridized carbons (Fsp3) is 0.400. The summed E-state index contributed by atoms with van der Waals surface area (Å²) in [5.74, 6) is 0. The fourth-order valence-corrected chi connectivity index (χ4v) is 2.81. The van der Waals surface area contributed by atoms with Crippen LogP contribution in [0.25, 0.3) is 10.9 Å². The predicted octanol–water partition coefficient (Wildman–Crippen LogP) is 2.15. The summed E-state index contributed by atoms with van der Waals surface area (Å²) >= 11 is 0. The Morgan fingerprint density at radius 3 is 2.89 bits per heavy atom. The molecular weight excluding hydrogens is 224 g/mol. The molecule has 0 amide bonds. The minimum absolute atomic E-state index is 0.404. The van der Waals surface area contributed by atoms with E-state index in [2.05, 4.69) is 29.9 Å². The molecule has 3 heteroatoms. The van der Waals surface area contributed by atoms with Crippen molar-refractivity contribution in [3.05, 3.63) is 42.1 Å². The van der Waals surface area contributed by atoms with Crippen LogP contribution in [0.5, 0.6) is 0 Å². The predicted molar refractivity (Wildman–Crippen MR) is 72.3 cm³/mol. The Morgan fingerprint density at radius 2 is 2.17 bits per heavy atom. The van der Waals surface area contributed by atoms with E-state index in [4.69, 9.17) is 0 Å². The van der Waals surface area contributed by atoms with E-state index in [0.29, 0.717) is 12.6 Å². The van der Waals surface area contributed by atoms with Gasteiger partial charge in [-0.15, -0.1) is 0 Å². The van der Waals surface area contributed by atoms with Gasteiger partial charge in [-0.3, -0.25) is 4.98 Å². The average molecular weight is 242 g/mol. The minimum atomic E-state index is -0.759. The lowest BCUT2D eigenvalue weighted by Gasteiger charge is -2.22. The first-order valence-corrected chi connectivity index (χ1v) is 6.36. The van der Waals surface area contributed by atoms with E-state index in [-0.39, 0.29) is 0 Å². The van der Waals surface area contributed by atoms with Crippen LogP contribution in [0.3, 0.4) is 0 Å². The molecule has 0 spiro atoms. The largest absolute Gasteiger partial charge is 0.384 e. The van der Waals surface area contributed by atoms with Gasteiger partial charge in [0.25, 0.3) is 0 Å². The molecule has 2 atom stereocenters. The fourth-order valence-electron chi connectivity index (χ4n) is 2.81. The molecule has 2 unspecified atom stereocenters. The van der Waals surface area contributed by atoms with E-state index >= 15 is 0 Å². The van der Waals surface area contributed by atoms with Crippen molar-refractivity contribution in [2.45, 2.75) is 25.0 Å². The first-order chi connectivity index (χ1) is 8.58. The standard InChI is InChI=1S/C15H18N2O/c1-11-8-15(18,10-17(11)2)13-7-12-5-3-4-6-14(12)16-9-13/h3-7,9,11,18H,8,10H2,1-2H3. The highest BCUT2D eigenvalue weighted by Crippen LogP contribution is 2.35. The third kappa shape index (κ3) is 1.80. The van der Waals surface area contributed by atoms with Crippen molar-refractivity contribution in [3.63, 3.8) is 0 Å². The third-order valence-corrected chi connectivity index (χ3v) is 4.02. The molecule has 1 N–H and O–H groups in total. The van der Waals surface area contributed by atoms with E-state index in [0.717, 1.165) is 22.9 Å². The number of nitrogens with zero attached hydrogens (tertiary/aromatic N) is 2. The van der Waals surface area contributed by atoms with Crippen LogP contribution in [0, 0.1) is 0 Å². The highest BCUT2D eigenvalue weighted by atomic mass is 16.3. The van der Waals surface area contributed by atoms with Crippen LogP contribution in [0.4, 0.5) is 0 Å². The van der Waals surface area contributed by atoms with E-state index in [1.54, 1.807) is 0 Å². The molecule has 94 valence electrons. The Hall–Kier alpha value is -1.45. The lowest BCUT2D eigenvalue weighted by Crippen LogP contribution is -2.29. The van der Waals surface area contributed by atoms with Crippen molar-refractivity contribution in [3.8, 4) is 0 Å². The first-order valence-electron chi connectivity index (χ1n) is 6.36. The van der Waals surface area contributed by atoms with Gasteiger partial charge >= 0.3 is 0 Å². The number of fused-ring (bicyclic) bond motifs is 1. The molecule has 1 aliphatic heterocycles. The zero-order valence-corrected chi connectivity index (χ0v) is 10.8. The number of likely N-dealkylation sites (N-methyl/N-ethyl adjacent to an activating group) is 1.